The van der Waals surface area contributed by atoms with Crippen LogP contribution in [0, 0.1) is 5.92 Å². The maximum absolute atomic E-state index is 2.71. The molecule has 0 aromatic carbocycles. The smallest absolute Gasteiger partial charge is 0.0229 e. The monoisotopic (exact) mass is 196 g/mol. The molecule has 0 aliphatic carbocycles. The second kappa shape index (κ2) is 4.19. The Balaban J connectivity index is 2.02. The quantitative estimate of drug-likeness (QED) is 0.664. The first-order chi connectivity index (χ1) is 6.70. The average molecular weight is 196 g/mol. The zero-order chi connectivity index (χ0) is 10.1. The van der Waals surface area contributed by atoms with Crippen LogP contribution < -0.4 is 0 Å². The highest BCUT2D eigenvalue weighted by Crippen LogP contribution is 2.30. The van der Waals surface area contributed by atoms with Crippen LogP contribution >= 0.6 is 0 Å². The van der Waals surface area contributed by atoms with Crippen LogP contribution in [-0.2, 0) is 0 Å². The van der Waals surface area contributed by atoms with Gasteiger partial charge in [-0.15, -0.1) is 0 Å². The van der Waals surface area contributed by atoms with E-state index in [0.717, 1.165) is 18.0 Å². The fourth-order valence-corrected chi connectivity index (χ4v) is 3.10. The first-order valence-electron chi connectivity index (χ1n) is 6.18. The van der Waals surface area contributed by atoms with Gasteiger partial charge in [-0.05, 0) is 45.7 Å². The molecule has 0 spiro atoms. The number of fused-ring (bicyclic) bond motifs is 2. The molecule has 2 aliphatic heterocycles. The van der Waals surface area contributed by atoms with E-state index in [9.17, 15) is 0 Å². The summed E-state index contributed by atoms with van der Waals surface area (Å²) < 4.78 is 0. The molecule has 14 heavy (non-hydrogen) atoms. The fourth-order valence-electron chi connectivity index (χ4n) is 3.10. The van der Waals surface area contributed by atoms with E-state index in [4.69, 9.17) is 0 Å². The van der Waals surface area contributed by atoms with Gasteiger partial charge in [0.15, 0.2) is 0 Å². The Morgan fingerprint density at radius 3 is 2.71 bits per heavy atom. The van der Waals surface area contributed by atoms with Gasteiger partial charge >= 0.3 is 0 Å². The first kappa shape index (κ1) is 10.4. The van der Waals surface area contributed by atoms with Crippen LogP contribution in [0.3, 0.4) is 0 Å². The molecule has 2 aliphatic rings. The van der Waals surface area contributed by atoms with Crippen LogP contribution in [-0.4, -0.2) is 48.1 Å². The summed E-state index contributed by atoms with van der Waals surface area (Å²) in [6, 6.07) is 1.59. The third kappa shape index (κ3) is 1.96. The lowest BCUT2D eigenvalue weighted by Gasteiger charge is -2.33. The van der Waals surface area contributed by atoms with Gasteiger partial charge in [0.05, 0.1) is 0 Å². The van der Waals surface area contributed by atoms with Crippen molar-refractivity contribution in [3.8, 4) is 0 Å². The topological polar surface area (TPSA) is 6.48 Å². The molecule has 0 aromatic heterocycles. The molecule has 2 nitrogen and oxygen atoms in total. The van der Waals surface area contributed by atoms with Crippen molar-refractivity contribution in [2.24, 2.45) is 5.92 Å². The molecule has 0 N–H and O–H groups in total. The number of hydrogen-bond acceptors (Lipinski definition) is 2. The molecule has 2 heterocycles. The maximum Gasteiger partial charge on any atom is 0.0229 e. The molecule has 2 fully saturated rings. The lowest BCUT2D eigenvalue weighted by Crippen LogP contribution is -2.44. The zero-order valence-electron chi connectivity index (χ0n) is 9.87. The van der Waals surface area contributed by atoms with Crippen LogP contribution in [0.25, 0.3) is 0 Å². The van der Waals surface area contributed by atoms with Gasteiger partial charge in [-0.3, -0.25) is 4.90 Å². The van der Waals surface area contributed by atoms with E-state index in [2.05, 4.69) is 30.6 Å². The van der Waals surface area contributed by atoms with Crippen LogP contribution in [0.15, 0.2) is 0 Å². The highest BCUT2D eigenvalue weighted by molar-refractivity contribution is 4.91. The maximum atomic E-state index is 2.71. The van der Waals surface area contributed by atoms with E-state index < -0.39 is 0 Å². The van der Waals surface area contributed by atoms with Gasteiger partial charge in [-0.2, -0.15) is 0 Å². The number of hydrogen-bond donors (Lipinski definition) is 0. The van der Waals surface area contributed by atoms with Crippen molar-refractivity contribution in [3.05, 3.63) is 0 Å². The number of nitrogens with zero attached hydrogens (tertiary/aromatic N) is 2. The molecule has 0 radical (unpaired) electrons. The van der Waals surface area contributed by atoms with Gasteiger partial charge in [-0.25, -0.2) is 0 Å². The third-order valence-corrected chi connectivity index (χ3v) is 3.98. The molecular formula is C12H24N2. The van der Waals surface area contributed by atoms with Crippen molar-refractivity contribution in [1.29, 1.82) is 0 Å². The highest BCUT2D eigenvalue weighted by Gasteiger charge is 2.36. The first-order valence-corrected chi connectivity index (χ1v) is 6.18. The summed E-state index contributed by atoms with van der Waals surface area (Å²) >= 11 is 0. The van der Waals surface area contributed by atoms with Gasteiger partial charge in [-0.1, -0.05) is 6.92 Å². The molecule has 0 amide bonds. The van der Waals surface area contributed by atoms with Crippen molar-refractivity contribution >= 4 is 0 Å². The second-order valence-corrected chi connectivity index (χ2v) is 5.23. The van der Waals surface area contributed by atoms with E-state index in [-0.39, 0.29) is 0 Å². The SMILES string of the molecule is CCN1CCC2C[C@H](C1)N(C(C)C)C2. The van der Waals surface area contributed by atoms with E-state index >= 15 is 0 Å². The van der Waals surface area contributed by atoms with Crippen molar-refractivity contribution in [2.45, 2.75) is 45.7 Å². The lowest BCUT2D eigenvalue weighted by atomic mass is 10.0. The van der Waals surface area contributed by atoms with Crippen LogP contribution in [0.2, 0.25) is 0 Å². The Kier molecular flexibility index (Phi) is 3.13. The van der Waals surface area contributed by atoms with E-state index in [1.165, 1.54) is 39.0 Å². The standard InChI is InChI=1S/C12H24N2/c1-4-13-6-5-11-7-12(9-13)14(8-11)10(2)3/h10-12H,4-9H2,1-3H3/t11?,12-/m1/s1. The Morgan fingerprint density at radius 1 is 1.29 bits per heavy atom. The predicted molar refractivity (Wildman–Crippen MR) is 60.5 cm³/mol. The van der Waals surface area contributed by atoms with Crippen molar-refractivity contribution in [1.82, 2.24) is 9.80 Å². The predicted octanol–water partition coefficient (Wildman–Crippen LogP) is 1.81. The zero-order valence-corrected chi connectivity index (χ0v) is 9.87. The van der Waals surface area contributed by atoms with Gasteiger partial charge in [0.2, 0.25) is 0 Å². The van der Waals surface area contributed by atoms with Crippen molar-refractivity contribution in [3.63, 3.8) is 0 Å². The molecule has 1 unspecified atom stereocenters. The summed E-state index contributed by atoms with van der Waals surface area (Å²) in [5, 5.41) is 0. The summed E-state index contributed by atoms with van der Waals surface area (Å²) in [5.41, 5.74) is 0. The molecule has 82 valence electrons. The minimum atomic E-state index is 0.738. The molecule has 0 aromatic rings. The Morgan fingerprint density at radius 2 is 2.07 bits per heavy atom. The third-order valence-electron chi connectivity index (χ3n) is 3.98. The van der Waals surface area contributed by atoms with Crippen molar-refractivity contribution in [2.75, 3.05) is 26.2 Å². The minimum absolute atomic E-state index is 0.738. The Labute approximate surface area is 88.3 Å². The normalized spacial score (nSPS) is 35.1. The van der Waals surface area contributed by atoms with Crippen LogP contribution in [0.5, 0.6) is 0 Å². The summed E-state index contributed by atoms with van der Waals surface area (Å²) in [6.07, 6.45) is 2.88. The minimum Gasteiger partial charge on any atom is -0.302 e. The Hall–Kier alpha value is -0.0800. The average Bonchev–Trinajstić information content (AvgIpc) is 2.41. The van der Waals surface area contributed by atoms with E-state index in [1.54, 1.807) is 0 Å². The lowest BCUT2D eigenvalue weighted by molar-refractivity contribution is 0.137. The molecule has 2 bridgehead atoms. The molecule has 2 atom stereocenters. The largest absolute Gasteiger partial charge is 0.302 e. The summed E-state index contributed by atoms with van der Waals surface area (Å²) in [4.78, 5) is 5.34. The van der Waals surface area contributed by atoms with Gasteiger partial charge in [0, 0.05) is 25.2 Å². The Bertz CT molecular complexity index is 191. The van der Waals surface area contributed by atoms with Crippen LogP contribution in [0.4, 0.5) is 0 Å². The van der Waals surface area contributed by atoms with Gasteiger partial charge in [0.25, 0.3) is 0 Å². The number of rotatable bonds is 2. The fraction of sp³-hybridized carbons (Fsp3) is 1.00. The molecule has 2 rings (SSSR count). The number of likely N-dealkylation sites (N-methyl/N-ethyl adjacent to an activating group) is 1. The van der Waals surface area contributed by atoms with E-state index in [1.807, 2.05) is 0 Å². The molecular weight excluding hydrogens is 172 g/mol. The van der Waals surface area contributed by atoms with E-state index in [0.29, 0.717) is 0 Å². The summed E-state index contributed by atoms with van der Waals surface area (Å²) in [6.45, 7) is 12.2. The molecule has 2 heteroatoms. The summed E-state index contributed by atoms with van der Waals surface area (Å²) in [5.74, 6) is 0.985. The molecule has 0 saturated carbocycles. The molecule has 2 saturated heterocycles. The summed E-state index contributed by atoms with van der Waals surface area (Å²) in [7, 11) is 0. The van der Waals surface area contributed by atoms with Crippen LogP contribution in [0.1, 0.15) is 33.6 Å². The van der Waals surface area contributed by atoms with Gasteiger partial charge < -0.3 is 4.90 Å². The van der Waals surface area contributed by atoms with Crippen molar-refractivity contribution < 1.29 is 0 Å². The number of likely N-dealkylation sites (tertiary alicyclic amines) is 2. The van der Waals surface area contributed by atoms with Gasteiger partial charge in [0.1, 0.15) is 0 Å². The highest BCUT2D eigenvalue weighted by atomic mass is 15.3. The second-order valence-electron chi connectivity index (χ2n) is 5.23.